The van der Waals surface area contributed by atoms with Gasteiger partial charge in [0.2, 0.25) is 0 Å². The van der Waals surface area contributed by atoms with Gasteiger partial charge in [-0.1, -0.05) is 0 Å². The average Bonchev–Trinajstić information content (AvgIpc) is 2.51. The van der Waals surface area contributed by atoms with Crippen LogP contribution in [0.25, 0.3) is 0 Å². The molecule has 66 valence electrons. The summed E-state index contributed by atoms with van der Waals surface area (Å²) >= 11 is 0. The summed E-state index contributed by atoms with van der Waals surface area (Å²) in [7, 11) is 1.53. The standard InChI is InChI=1S/C8H12N2O2/c1-6(11)8(12-2)3-7-4-9-5-10-7/h4-5,8H,3H2,1-2H3,(H,9,10)/t8-/m1/s1. The summed E-state index contributed by atoms with van der Waals surface area (Å²) < 4.78 is 4.98. The highest BCUT2D eigenvalue weighted by atomic mass is 16.5. The minimum absolute atomic E-state index is 0.0282. The van der Waals surface area contributed by atoms with E-state index >= 15 is 0 Å². The van der Waals surface area contributed by atoms with Gasteiger partial charge < -0.3 is 9.72 Å². The molecule has 0 saturated heterocycles. The first-order valence-electron chi connectivity index (χ1n) is 3.75. The number of H-pyrrole nitrogens is 1. The van der Waals surface area contributed by atoms with E-state index in [1.165, 1.54) is 14.0 Å². The molecule has 0 spiro atoms. The lowest BCUT2D eigenvalue weighted by Gasteiger charge is -2.08. The van der Waals surface area contributed by atoms with Crippen molar-refractivity contribution in [2.75, 3.05) is 7.11 Å². The maximum absolute atomic E-state index is 10.9. The molecule has 1 N–H and O–H groups in total. The van der Waals surface area contributed by atoms with Gasteiger partial charge in [-0.3, -0.25) is 4.79 Å². The fraction of sp³-hybridized carbons (Fsp3) is 0.500. The first-order chi connectivity index (χ1) is 5.74. The van der Waals surface area contributed by atoms with Gasteiger partial charge in [-0.2, -0.15) is 0 Å². The van der Waals surface area contributed by atoms with Crippen LogP contribution in [0.4, 0.5) is 0 Å². The Morgan fingerprint density at radius 3 is 3.00 bits per heavy atom. The van der Waals surface area contributed by atoms with Gasteiger partial charge in [-0.05, 0) is 6.92 Å². The molecule has 0 saturated carbocycles. The van der Waals surface area contributed by atoms with Crippen LogP contribution < -0.4 is 0 Å². The van der Waals surface area contributed by atoms with Gasteiger partial charge in [0.25, 0.3) is 0 Å². The highest BCUT2D eigenvalue weighted by Crippen LogP contribution is 2.01. The van der Waals surface area contributed by atoms with Crippen molar-refractivity contribution >= 4 is 5.78 Å². The minimum atomic E-state index is -0.367. The van der Waals surface area contributed by atoms with E-state index < -0.39 is 0 Å². The zero-order chi connectivity index (χ0) is 8.97. The van der Waals surface area contributed by atoms with Crippen LogP contribution in [-0.2, 0) is 16.0 Å². The SMILES string of the molecule is CO[C@H](Cc1c[nH]cn1)C(C)=O. The van der Waals surface area contributed by atoms with Gasteiger partial charge in [0, 0.05) is 19.7 Å². The quantitative estimate of drug-likeness (QED) is 0.714. The number of nitrogens with one attached hydrogen (secondary N) is 1. The van der Waals surface area contributed by atoms with Crippen LogP contribution in [0.15, 0.2) is 12.5 Å². The van der Waals surface area contributed by atoms with E-state index in [4.69, 9.17) is 4.74 Å². The number of aromatic nitrogens is 2. The number of carbonyl (C=O) groups excluding carboxylic acids is 1. The molecule has 1 aromatic heterocycles. The van der Waals surface area contributed by atoms with E-state index in [0.29, 0.717) is 6.42 Å². The second kappa shape index (κ2) is 4.01. The van der Waals surface area contributed by atoms with Crippen molar-refractivity contribution in [1.82, 2.24) is 9.97 Å². The number of hydrogen-bond donors (Lipinski definition) is 1. The molecule has 0 fully saturated rings. The molecule has 0 bridgehead atoms. The smallest absolute Gasteiger partial charge is 0.158 e. The summed E-state index contributed by atoms with van der Waals surface area (Å²) in [5, 5.41) is 0. The van der Waals surface area contributed by atoms with Crippen molar-refractivity contribution < 1.29 is 9.53 Å². The molecule has 4 heteroatoms. The molecule has 1 rings (SSSR count). The molecule has 0 aromatic carbocycles. The molecule has 12 heavy (non-hydrogen) atoms. The first-order valence-corrected chi connectivity index (χ1v) is 3.75. The van der Waals surface area contributed by atoms with E-state index in [0.717, 1.165) is 5.69 Å². The fourth-order valence-electron chi connectivity index (χ4n) is 0.986. The fourth-order valence-corrected chi connectivity index (χ4v) is 0.986. The highest BCUT2D eigenvalue weighted by Gasteiger charge is 2.14. The Morgan fingerprint density at radius 1 is 1.83 bits per heavy atom. The summed E-state index contributed by atoms with van der Waals surface area (Å²) in [5.41, 5.74) is 0.844. The predicted molar refractivity (Wildman–Crippen MR) is 43.8 cm³/mol. The zero-order valence-corrected chi connectivity index (χ0v) is 7.20. The van der Waals surface area contributed by atoms with Crippen LogP contribution in [0, 0.1) is 0 Å². The van der Waals surface area contributed by atoms with Gasteiger partial charge in [-0.25, -0.2) is 4.98 Å². The van der Waals surface area contributed by atoms with Crippen LogP contribution in [-0.4, -0.2) is 29.0 Å². The van der Waals surface area contributed by atoms with Gasteiger partial charge >= 0.3 is 0 Å². The predicted octanol–water partition coefficient (Wildman–Crippen LogP) is 0.556. The lowest BCUT2D eigenvalue weighted by Crippen LogP contribution is -2.22. The summed E-state index contributed by atoms with van der Waals surface area (Å²) in [6.07, 6.45) is 3.51. The third-order valence-electron chi connectivity index (χ3n) is 1.69. The molecule has 0 aliphatic heterocycles. The topological polar surface area (TPSA) is 55.0 Å². The van der Waals surface area contributed by atoms with Crippen LogP contribution in [0.1, 0.15) is 12.6 Å². The number of aromatic amines is 1. The van der Waals surface area contributed by atoms with Gasteiger partial charge in [-0.15, -0.1) is 0 Å². The van der Waals surface area contributed by atoms with Crippen molar-refractivity contribution in [1.29, 1.82) is 0 Å². The number of hydrogen-bond acceptors (Lipinski definition) is 3. The van der Waals surface area contributed by atoms with Gasteiger partial charge in [0.05, 0.1) is 12.0 Å². The maximum Gasteiger partial charge on any atom is 0.158 e. The lowest BCUT2D eigenvalue weighted by molar-refractivity contribution is -0.126. The Hall–Kier alpha value is -1.16. The third kappa shape index (κ3) is 2.17. The second-order valence-electron chi connectivity index (χ2n) is 2.60. The molecule has 4 nitrogen and oxygen atoms in total. The molecule has 0 amide bonds. The Bertz CT molecular complexity index is 244. The number of ketones is 1. The molecule has 0 aliphatic rings. The molecular formula is C8H12N2O2. The number of rotatable bonds is 4. The normalized spacial score (nSPS) is 12.8. The molecule has 1 heterocycles. The number of carbonyl (C=O) groups is 1. The van der Waals surface area contributed by atoms with Gasteiger partial charge in [0.15, 0.2) is 5.78 Å². The lowest BCUT2D eigenvalue weighted by atomic mass is 10.1. The number of Topliss-reactive ketones (excluding diaryl/α,β-unsaturated/α-hetero) is 1. The van der Waals surface area contributed by atoms with E-state index in [2.05, 4.69) is 9.97 Å². The second-order valence-corrected chi connectivity index (χ2v) is 2.60. The van der Waals surface area contributed by atoms with Crippen molar-refractivity contribution in [2.45, 2.75) is 19.4 Å². The maximum atomic E-state index is 10.9. The number of methoxy groups -OCH3 is 1. The van der Waals surface area contributed by atoms with Crippen LogP contribution in [0.2, 0.25) is 0 Å². The van der Waals surface area contributed by atoms with E-state index in [1.54, 1.807) is 12.5 Å². The minimum Gasteiger partial charge on any atom is -0.373 e. The highest BCUT2D eigenvalue weighted by molar-refractivity contribution is 5.80. The van der Waals surface area contributed by atoms with Crippen molar-refractivity contribution in [3.8, 4) is 0 Å². The van der Waals surface area contributed by atoms with E-state index in [9.17, 15) is 4.79 Å². The molecule has 1 atom stereocenters. The molecule has 0 radical (unpaired) electrons. The van der Waals surface area contributed by atoms with Crippen molar-refractivity contribution in [3.63, 3.8) is 0 Å². The largest absolute Gasteiger partial charge is 0.373 e. The first kappa shape index (κ1) is 8.93. The Balaban J connectivity index is 2.54. The number of ether oxygens (including phenoxy) is 1. The van der Waals surface area contributed by atoms with Crippen LogP contribution >= 0.6 is 0 Å². The molecular weight excluding hydrogens is 156 g/mol. The van der Waals surface area contributed by atoms with Gasteiger partial charge in [0.1, 0.15) is 6.10 Å². The Morgan fingerprint density at radius 2 is 2.58 bits per heavy atom. The van der Waals surface area contributed by atoms with E-state index in [1.807, 2.05) is 0 Å². The zero-order valence-electron chi connectivity index (χ0n) is 7.20. The number of nitrogens with zero attached hydrogens (tertiary/aromatic N) is 1. The molecule has 1 aromatic rings. The summed E-state index contributed by atoms with van der Waals surface area (Å²) in [6.45, 7) is 1.51. The summed E-state index contributed by atoms with van der Waals surface area (Å²) in [6, 6.07) is 0. The molecule has 0 aliphatic carbocycles. The van der Waals surface area contributed by atoms with Crippen LogP contribution in [0.5, 0.6) is 0 Å². The third-order valence-corrected chi connectivity index (χ3v) is 1.69. The average molecular weight is 168 g/mol. The van der Waals surface area contributed by atoms with Crippen LogP contribution in [0.3, 0.4) is 0 Å². The number of imidazole rings is 1. The van der Waals surface area contributed by atoms with Crippen molar-refractivity contribution in [3.05, 3.63) is 18.2 Å². The monoisotopic (exact) mass is 168 g/mol. The van der Waals surface area contributed by atoms with Crippen molar-refractivity contribution in [2.24, 2.45) is 0 Å². The summed E-state index contributed by atoms with van der Waals surface area (Å²) in [5.74, 6) is 0.0282. The molecule has 0 unspecified atom stereocenters. The summed E-state index contributed by atoms with van der Waals surface area (Å²) in [4.78, 5) is 17.8. The Kier molecular flexibility index (Phi) is 2.99. The van der Waals surface area contributed by atoms with E-state index in [-0.39, 0.29) is 11.9 Å². The Labute approximate surface area is 71.0 Å².